The molecule has 1 aromatic rings. The highest BCUT2D eigenvalue weighted by molar-refractivity contribution is 6.30. The average Bonchev–Trinajstić information content (AvgIpc) is 2.68. The van der Waals surface area contributed by atoms with Crippen molar-refractivity contribution in [3.63, 3.8) is 0 Å². The number of benzene rings is 1. The third-order valence-corrected chi connectivity index (χ3v) is 4.05. The van der Waals surface area contributed by atoms with Gasteiger partial charge in [0.15, 0.2) is 0 Å². The maximum Gasteiger partial charge on any atom is 0.225 e. The van der Waals surface area contributed by atoms with Crippen molar-refractivity contribution in [2.45, 2.75) is 39.0 Å². The summed E-state index contributed by atoms with van der Waals surface area (Å²) in [4.78, 5) is 14.4. The van der Waals surface area contributed by atoms with Gasteiger partial charge in [-0.05, 0) is 56.6 Å². The molecule has 1 amide bonds. The van der Waals surface area contributed by atoms with Gasteiger partial charge in [-0.15, -0.1) is 0 Å². The van der Waals surface area contributed by atoms with E-state index in [1.165, 1.54) is 25.7 Å². The fourth-order valence-corrected chi connectivity index (χ4v) is 2.83. The Hall–Kier alpha value is -1.06. The number of likely N-dealkylation sites (tertiary alicyclic amines) is 1. The van der Waals surface area contributed by atoms with E-state index in [9.17, 15) is 4.79 Å². The fraction of sp³-hybridized carbons (Fsp3) is 0.562. The highest BCUT2D eigenvalue weighted by Crippen LogP contribution is 2.19. The Morgan fingerprint density at radius 3 is 2.60 bits per heavy atom. The minimum absolute atomic E-state index is 0.0830. The number of hydrogen-bond acceptors (Lipinski definition) is 2. The maximum atomic E-state index is 12.0. The highest BCUT2D eigenvalue weighted by Gasteiger charge is 2.11. The van der Waals surface area contributed by atoms with Gasteiger partial charge in [-0.2, -0.15) is 0 Å². The fourth-order valence-electron chi connectivity index (χ4n) is 2.60. The molecule has 1 aromatic carbocycles. The molecule has 0 unspecified atom stereocenters. The Morgan fingerprint density at radius 2 is 1.95 bits per heavy atom. The lowest BCUT2D eigenvalue weighted by atomic mass is 10.2. The van der Waals surface area contributed by atoms with Gasteiger partial charge in [0.1, 0.15) is 0 Å². The monoisotopic (exact) mass is 294 g/mol. The van der Waals surface area contributed by atoms with Crippen LogP contribution in [0.15, 0.2) is 18.2 Å². The van der Waals surface area contributed by atoms with E-state index in [0.29, 0.717) is 11.4 Å². The number of rotatable bonds is 4. The van der Waals surface area contributed by atoms with E-state index in [4.69, 9.17) is 11.6 Å². The lowest BCUT2D eigenvalue weighted by molar-refractivity contribution is -0.116. The van der Waals surface area contributed by atoms with Crippen molar-refractivity contribution >= 4 is 23.2 Å². The van der Waals surface area contributed by atoms with Gasteiger partial charge in [-0.1, -0.05) is 24.4 Å². The van der Waals surface area contributed by atoms with Crippen LogP contribution in [0.1, 0.15) is 37.7 Å². The van der Waals surface area contributed by atoms with Gasteiger partial charge in [0.25, 0.3) is 0 Å². The zero-order valence-electron chi connectivity index (χ0n) is 12.1. The molecule has 0 atom stereocenters. The molecular weight excluding hydrogens is 272 g/mol. The van der Waals surface area contributed by atoms with E-state index < -0.39 is 0 Å². The van der Waals surface area contributed by atoms with Crippen LogP contribution in [0.3, 0.4) is 0 Å². The van der Waals surface area contributed by atoms with Crippen molar-refractivity contribution in [2.75, 3.05) is 25.0 Å². The first-order valence-corrected chi connectivity index (χ1v) is 7.81. The summed E-state index contributed by atoms with van der Waals surface area (Å²) in [6.07, 6.45) is 5.73. The Bertz CT molecular complexity index is 454. The first kappa shape index (κ1) is 15.3. The number of carbonyl (C=O) groups excluding carboxylic acids is 1. The zero-order chi connectivity index (χ0) is 14.4. The van der Waals surface area contributed by atoms with Crippen molar-refractivity contribution in [1.82, 2.24) is 4.90 Å². The summed E-state index contributed by atoms with van der Waals surface area (Å²) in [6.45, 7) is 5.08. The average molecular weight is 295 g/mol. The molecule has 4 heteroatoms. The number of nitrogens with zero attached hydrogens (tertiary/aromatic N) is 1. The predicted octanol–water partition coefficient (Wildman–Crippen LogP) is 3.85. The molecule has 1 heterocycles. The van der Waals surface area contributed by atoms with Crippen molar-refractivity contribution in [3.05, 3.63) is 28.8 Å². The third kappa shape index (κ3) is 4.80. The quantitative estimate of drug-likeness (QED) is 0.915. The van der Waals surface area contributed by atoms with Gasteiger partial charge >= 0.3 is 0 Å². The molecule has 1 saturated heterocycles. The van der Waals surface area contributed by atoms with Crippen LogP contribution >= 0.6 is 11.6 Å². The predicted molar refractivity (Wildman–Crippen MR) is 84.3 cm³/mol. The van der Waals surface area contributed by atoms with E-state index in [-0.39, 0.29) is 5.91 Å². The van der Waals surface area contributed by atoms with E-state index in [2.05, 4.69) is 10.2 Å². The second-order valence-electron chi connectivity index (χ2n) is 5.51. The SMILES string of the molecule is Cc1cc(Cl)ccc1NC(=O)CCN1CCCCCC1. The Morgan fingerprint density at radius 1 is 1.25 bits per heavy atom. The summed E-state index contributed by atoms with van der Waals surface area (Å²) in [7, 11) is 0. The summed E-state index contributed by atoms with van der Waals surface area (Å²) >= 11 is 5.91. The third-order valence-electron chi connectivity index (χ3n) is 3.82. The molecule has 0 radical (unpaired) electrons. The van der Waals surface area contributed by atoms with Crippen LogP contribution in [0.25, 0.3) is 0 Å². The first-order valence-electron chi connectivity index (χ1n) is 7.43. The number of hydrogen-bond donors (Lipinski definition) is 1. The topological polar surface area (TPSA) is 32.3 Å². The summed E-state index contributed by atoms with van der Waals surface area (Å²) in [5.41, 5.74) is 1.86. The number of aryl methyl sites for hydroxylation is 1. The van der Waals surface area contributed by atoms with Crippen LogP contribution in [-0.4, -0.2) is 30.4 Å². The van der Waals surface area contributed by atoms with Gasteiger partial charge in [-0.25, -0.2) is 0 Å². The molecule has 1 aliphatic rings. The van der Waals surface area contributed by atoms with E-state index in [1.54, 1.807) is 6.07 Å². The second kappa shape index (κ2) is 7.65. The van der Waals surface area contributed by atoms with Crippen LogP contribution < -0.4 is 5.32 Å². The van der Waals surface area contributed by atoms with E-state index in [1.807, 2.05) is 19.1 Å². The highest BCUT2D eigenvalue weighted by atomic mass is 35.5. The summed E-state index contributed by atoms with van der Waals surface area (Å²) < 4.78 is 0. The normalized spacial score (nSPS) is 16.7. The lowest BCUT2D eigenvalue weighted by Crippen LogP contribution is -2.28. The standard InChI is InChI=1S/C16H23ClN2O/c1-13-12-14(17)6-7-15(13)18-16(20)8-11-19-9-4-2-3-5-10-19/h6-7,12H,2-5,8-11H2,1H3,(H,18,20). The largest absolute Gasteiger partial charge is 0.326 e. The summed E-state index contributed by atoms with van der Waals surface area (Å²) in [6, 6.07) is 5.53. The number of amides is 1. The smallest absolute Gasteiger partial charge is 0.225 e. The summed E-state index contributed by atoms with van der Waals surface area (Å²) in [5.74, 6) is 0.0830. The molecule has 1 N–H and O–H groups in total. The molecule has 0 aliphatic carbocycles. The van der Waals surface area contributed by atoms with Gasteiger partial charge in [0.2, 0.25) is 5.91 Å². The Balaban J connectivity index is 1.79. The van der Waals surface area contributed by atoms with Gasteiger partial charge < -0.3 is 10.2 Å². The van der Waals surface area contributed by atoms with Crippen LogP contribution in [0.2, 0.25) is 5.02 Å². The molecule has 0 bridgehead atoms. The molecule has 1 fully saturated rings. The van der Waals surface area contributed by atoms with Crippen LogP contribution in [0.4, 0.5) is 5.69 Å². The number of halogens is 1. The molecule has 3 nitrogen and oxygen atoms in total. The van der Waals surface area contributed by atoms with Crippen LogP contribution in [-0.2, 0) is 4.79 Å². The number of nitrogens with one attached hydrogen (secondary N) is 1. The number of anilines is 1. The van der Waals surface area contributed by atoms with Crippen molar-refractivity contribution in [2.24, 2.45) is 0 Å². The van der Waals surface area contributed by atoms with Crippen molar-refractivity contribution in [3.8, 4) is 0 Å². The minimum atomic E-state index is 0.0830. The minimum Gasteiger partial charge on any atom is -0.326 e. The molecule has 1 aliphatic heterocycles. The molecule has 2 rings (SSSR count). The van der Waals surface area contributed by atoms with Gasteiger partial charge in [-0.3, -0.25) is 4.79 Å². The van der Waals surface area contributed by atoms with Crippen LogP contribution in [0.5, 0.6) is 0 Å². The van der Waals surface area contributed by atoms with Crippen LogP contribution in [0, 0.1) is 6.92 Å². The molecular formula is C16H23ClN2O. The molecule has 0 aromatic heterocycles. The molecule has 0 spiro atoms. The maximum absolute atomic E-state index is 12.0. The molecule has 0 saturated carbocycles. The van der Waals surface area contributed by atoms with E-state index >= 15 is 0 Å². The van der Waals surface area contributed by atoms with Crippen molar-refractivity contribution in [1.29, 1.82) is 0 Å². The Labute approximate surface area is 126 Å². The first-order chi connectivity index (χ1) is 9.65. The molecule has 20 heavy (non-hydrogen) atoms. The van der Waals surface area contributed by atoms with Gasteiger partial charge in [0.05, 0.1) is 0 Å². The van der Waals surface area contributed by atoms with Crippen molar-refractivity contribution < 1.29 is 4.79 Å². The summed E-state index contributed by atoms with van der Waals surface area (Å²) in [5, 5.41) is 3.67. The second-order valence-corrected chi connectivity index (χ2v) is 5.95. The lowest BCUT2D eigenvalue weighted by Gasteiger charge is -2.19. The molecule has 110 valence electrons. The zero-order valence-corrected chi connectivity index (χ0v) is 12.9. The Kier molecular flexibility index (Phi) is 5.86. The van der Waals surface area contributed by atoms with Gasteiger partial charge in [0, 0.05) is 23.7 Å². The number of carbonyl (C=O) groups is 1. The van der Waals surface area contributed by atoms with E-state index in [0.717, 1.165) is 30.9 Å².